The highest BCUT2D eigenvalue weighted by atomic mass is 35.5. The minimum absolute atomic E-state index is 0.0543. The molecular weight excluding hydrogens is 241 g/mol. The number of hydrogen-bond acceptors (Lipinski definition) is 2. The van der Waals surface area contributed by atoms with Gasteiger partial charge in [-0.05, 0) is 50.0 Å². The van der Waals surface area contributed by atoms with Crippen LogP contribution in [-0.2, 0) is 0 Å². The van der Waals surface area contributed by atoms with Gasteiger partial charge >= 0.3 is 0 Å². The van der Waals surface area contributed by atoms with Crippen LogP contribution >= 0.6 is 11.6 Å². The second kappa shape index (κ2) is 5.61. The number of carbonyl (C=O) groups excluding carboxylic acids is 1. The highest BCUT2D eigenvalue weighted by Crippen LogP contribution is 2.23. The van der Waals surface area contributed by atoms with E-state index in [4.69, 9.17) is 11.6 Å². The van der Waals surface area contributed by atoms with Crippen molar-refractivity contribution in [1.29, 1.82) is 0 Å². The van der Waals surface area contributed by atoms with Gasteiger partial charge in [0.15, 0.2) is 5.78 Å². The summed E-state index contributed by atoms with van der Waals surface area (Å²) in [6.07, 6.45) is 2.46. The first-order valence-corrected chi connectivity index (χ1v) is 6.23. The quantitative estimate of drug-likeness (QED) is 0.841. The molecule has 92 valence electrons. The zero-order valence-electron chi connectivity index (χ0n) is 9.51. The first kappa shape index (κ1) is 12.5. The fourth-order valence-corrected chi connectivity index (χ4v) is 2.39. The Kier molecular flexibility index (Phi) is 4.13. The van der Waals surface area contributed by atoms with Crippen LogP contribution in [0.15, 0.2) is 18.2 Å². The molecule has 0 aliphatic carbocycles. The van der Waals surface area contributed by atoms with Crippen LogP contribution in [0.3, 0.4) is 0 Å². The molecule has 17 heavy (non-hydrogen) atoms. The molecule has 1 fully saturated rings. The molecule has 0 aromatic heterocycles. The van der Waals surface area contributed by atoms with Gasteiger partial charge in [-0.15, -0.1) is 0 Å². The van der Waals surface area contributed by atoms with Gasteiger partial charge in [0, 0.05) is 12.0 Å². The predicted molar refractivity (Wildman–Crippen MR) is 66.0 cm³/mol. The predicted octanol–water partition coefficient (Wildman–Crippen LogP) is 3.05. The van der Waals surface area contributed by atoms with E-state index in [1.165, 1.54) is 18.2 Å². The zero-order valence-corrected chi connectivity index (χ0v) is 10.3. The van der Waals surface area contributed by atoms with E-state index in [9.17, 15) is 9.18 Å². The molecule has 0 radical (unpaired) electrons. The Hall–Kier alpha value is -0.930. The van der Waals surface area contributed by atoms with E-state index in [0.29, 0.717) is 22.9 Å². The average Bonchev–Trinajstić information content (AvgIpc) is 2.33. The highest BCUT2D eigenvalue weighted by Gasteiger charge is 2.19. The monoisotopic (exact) mass is 255 g/mol. The van der Waals surface area contributed by atoms with Crippen molar-refractivity contribution in [2.24, 2.45) is 5.92 Å². The molecule has 1 aromatic rings. The van der Waals surface area contributed by atoms with Crippen LogP contribution in [0.4, 0.5) is 4.39 Å². The summed E-state index contributed by atoms with van der Waals surface area (Å²) in [5.74, 6) is -0.0763. The molecule has 0 spiro atoms. The Morgan fingerprint density at radius 2 is 2.12 bits per heavy atom. The molecule has 0 saturated carbocycles. The van der Waals surface area contributed by atoms with Crippen molar-refractivity contribution in [2.45, 2.75) is 19.3 Å². The number of carbonyl (C=O) groups is 1. The van der Waals surface area contributed by atoms with Crippen molar-refractivity contribution >= 4 is 17.4 Å². The molecule has 2 rings (SSSR count). The summed E-state index contributed by atoms with van der Waals surface area (Å²) in [7, 11) is 0. The number of halogens is 2. The molecule has 2 nitrogen and oxygen atoms in total. The molecule has 4 heteroatoms. The summed E-state index contributed by atoms with van der Waals surface area (Å²) in [5.41, 5.74) is 0.310. The zero-order chi connectivity index (χ0) is 12.3. The number of ketones is 1. The topological polar surface area (TPSA) is 29.1 Å². The maximum absolute atomic E-state index is 13.1. The first-order chi connectivity index (χ1) is 8.16. The third-order valence-corrected chi connectivity index (χ3v) is 3.49. The summed E-state index contributed by atoms with van der Waals surface area (Å²) >= 11 is 5.91. The second-order valence-corrected chi connectivity index (χ2v) is 4.85. The van der Waals surface area contributed by atoms with E-state index < -0.39 is 5.82 Å². The van der Waals surface area contributed by atoms with Crippen LogP contribution in [-0.4, -0.2) is 18.9 Å². The van der Waals surface area contributed by atoms with Gasteiger partial charge in [-0.1, -0.05) is 11.6 Å². The lowest BCUT2D eigenvalue weighted by molar-refractivity contribution is 0.0952. The maximum atomic E-state index is 13.1. The van der Waals surface area contributed by atoms with E-state index in [-0.39, 0.29) is 5.78 Å². The largest absolute Gasteiger partial charge is 0.317 e. The minimum Gasteiger partial charge on any atom is -0.317 e. The second-order valence-electron chi connectivity index (χ2n) is 4.44. The number of rotatable bonds is 3. The molecule has 0 bridgehead atoms. The van der Waals surface area contributed by atoms with Crippen LogP contribution < -0.4 is 5.32 Å². The number of piperidine rings is 1. The summed E-state index contributed by atoms with van der Waals surface area (Å²) in [6, 6.07) is 3.93. The van der Waals surface area contributed by atoms with Crippen LogP contribution in [0.25, 0.3) is 0 Å². The fraction of sp³-hybridized carbons (Fsp3) is 0.462. The normalized spacial score (nSPS) is 17.1. The maximum Gasteiger partial charge on any atom is 0.164 e. The third-order valence-electron chi connectivity index (χ3n) is 3.16. The van der Waals surface area contributed by atoms with E-state index >= 15 is 0 Å². The van der Waals surface area contributed by atoms with E-state index in [2.05, 4.69) is 5.32 Å². The molecule has 0 atom stereocenters. The standard InChI is InChI=1S/C13H15ClFNO/c14-12-2-1-10(15)8-11(12)13(17)7-9-3-5-16-6-4-9/h1-2,8-9,16H,3-7H2. The molecular formula is C13H15ClFNO. The van der Waals surface area contributed by atoms with Gasteiger partial charge < -0.3 is 5.32 Å². The van der Waals surface area contributed by atoms with Crippen LogP contribution in [0.5, 0.6) is 0 Å². The Balaban J connectivity index is 2.05. The lowest BCUT2D eigenvalue weighted by Crippen LogP contribution is -2.28. The minimum atomic E-state index is -0.414. The van der Waals surface area contributed by atoms with Crippen LogP contribution in [0.2, 0.25) is 5.02 Å². The van der Waals surface area contributed by atoms with Crippen molar-refractivity contribution < 1.29 is 9.18 Å². The Morgan fingerprint density at radius 1 is 1.41 bits per heavy atom. The molecule has 1 aromatic carbocycles. The molecule has 0 amide bonds. The number of nitrogens with one attached hydrogen (secondary N) is 1. The van der Waals surface area contributed by atoms with Crippen molar-refractivity contribution in [1.82, 2.24) is 5.32 Å². The van der Waals surface area contributed by atoms with Gasteiger partial charge in [-0.25, -0.2) is 4.39 Å². The number of hydrogen-bond donors (Lipinski definition) is 1. The smallest absolute Gasteiger partial charge is 0.164 e. The Morgan fingerprint density at radius 3 is 2.82 bits per heavy atom. The molecule has 0 unspecified atom stereocenters. The molecule has 1 aliphatic heterocycles. The van der Waals surface area contributed by atoms with Gasteiger partial charge in [0.25, 0.3) is 0 Å². The van der Waals surface area contributed by atoms with Gasteiger partial charge in [0.2, 0.25) is 0 Å². The summed E-state index contributed by atoms with van der Waals surface area (Å²) < 4.78 is 13.1. The van der Waals surface area contributed by atoms with Gasteiger partial charge in [-0.3, -0.25) is 4.79 Å². The van der Waals surface area contributed by atoms with Gasteiger partial charge in [0.05, 0.1) is 5.02 Å². The summed E-state index contributed by atoms with van der Waals surface area (Å²) in [4.78, 5) is 12.0. The van der Waals surface area contributed by atoms with Crippen LogP contribution in [0, 0.1) is 11.7 Å². The Labute approximate surface area is 105 Å². The van der Waals surface area contributed by atoms with Crippen molar-refractivity contribution in [3.05, 3.63) is 34.6 Å². The van der Waals surface area contributed by atoms with E-state index in [1.54, 1.807) is 0 Å². The fourth-order valence-electron chi connectivity index (χ4n) is 2.17. The Bertz CT molecular complexity index is 416. The SMILES string of the molecule is O=C(CC1CCNCC1)c1cc(F)ccc1Cl. The molecule has 1 aliphatic rings. The lowest BCUT2D eigenvalue weighted by Gasteiger charge is -2.21. The van der Waals surface area contributed by atoms with Crippen molar-refractivity contribution in [2.75, 3.05) is 13.1 Å². The average molecular weight is 256 g/mol. The molecule has 1 N–H and O–H groups in total. The van der Waals surface area contributed by atoms with E-state index in [0.717, 1.165) is 25.9 Å². The van der Waals surface area contributed by atoms with Gasteiger partial charge in [0.1, 0.15) is 5.82 Å². The third kappa shape index (κ3) is 3.27. The van der Waals surface area contributed by atoms with Gasteiger partial charge in [-0.2, -0.15) is 0 Å². The van der Waals surface area contributed by atoms with Crippen molar-refractivity contribution in [3.63, 3.8) is 0 Å². The number of Topliss-reactive ketones (excluding diaryl/α,β-unsaturated/α-hetero) is 1. The first-order valence-electron chi connectivity index (χ1n) is 5.86. The summed E-state index contributed by atoms with van der Waals surface area (Å²) in [6.45, 7) is 1.91. The summed E-state index contributed by atoms with van der Waals surface area (Å²) in [5, 5.41) is 3.59. The van der Waals surface area contributed by atoms with E-state index in [1.807, 2.05) is 0 Å². The molecule has 1 saturated heterocycles. The highest BCUT2D eigenvalue weighted by molar-refractivity contribution is 6.33. The lowest BCUT2D eigenvalue weighted by atomic mass is 9.90. The molecule has 1 heterocycles. The van der Waals surface area contributed by atoms with Crippen LogP contribution in [0.1, 0.15) is 29.6 Å². The number of benzene rings is 1. The van der Waals surface area contributed by atoms with Crippen molar-refractivity contribution in [3.8, 4) is 0 Å².